The molecule has 1 atom stereocenters. The summed E-state index contributed by atoms with van der Waals surface area (Å²) in [6.45, 7) is 4.83. The normalized spacial score (nSPS) is 17.6. The van der Waals surface area contributed by atoms with E-state index in [4.69, 9.17) is 4.74 Å². The number of ether oxygens (including phenoxy) is 1. The lowest BCUT2D eigenvalue weighted by Gasteiger charge is -2.33. The molecule has 6 nitrogen and oxygen atoms in total. The molecule has 0 aliphatic carbocycles. The minimum Gasteiger partial charge on any atom is -0.463 e. The molecule has 1 aromatic heterocycles. The van der Waals surface area contributed by atoms with Crippen LogP contribution in [0.2, 0.25) is 0 Å². The summed E-state index contributed by atoms with van der Waals surface area (Å²) in [6, 6.07) is 6.95. The van der Waals surface area contributed by atoms with Gasteiger partial charge in [0.1, 0.15) is 11.6 Å². The van der Waals surface area contributed by atoms with Gasteiger partial charge in [-0.25, -0.2) is 14.2 Å². The Morgan fingerprint density at radius 3 is 2.86 bits per heavy atom. The summed E-state index contributed by atoms with van der Waals surface area (Å²) in [5, 5.41) is 3.43. The maximum absolute atomic E-state index is 13.1. The van der Waals surface area contributed by atoms with Crippen LogP contribution < -0.4 is 5.32 Å². The highest BCUT2D eigenvalue weighted by Gasteiger charge is 2.20. The minimum absolute atomic E-state index is 0.207. The second kappa shape index (κ2) is 9.94. The Balaban J connectivity index is 1.51. The van der Waals surface area contributed by atoms with E-state index in [1.807, 2.05) is 12.1 Å². The average Bonchev–Trinajstić information content (AvgIpc) is 2.70. The van der Waals surface area contributed by atoms with E-state index in [0.717, 1.165) is 38.0 Å². The third-order valence-electron chi connectivity index (χ3n) is 4.53. The predicted octanol–water partition coefficient (Wildman–Crippen LogP) is 3.27. The van der Waals surface area contributed by atoms with Crippen molar-refractivity contribution in [2.45, 2.75) is 32.4 Å². The zero-order valence-corrected chi connectivity index (χ0v) is 16.0. The minimum atomic E-state index is -0.394. The summed E-state index contributed by atoms with van der Waals surface area (Å²) in [4.78, 5) is 22.4. The summed E-state index contributed by atoms with van der Waals surface area (Å²) in [6.07, 6.45) is 8.37. The van der Waals surface area contributed by atoms with Crippen molar-refractivity contribution in [3.8, 4) is 0 Å². The fourth-order valence-electron chi connectivity index (χ4n) is 3.22. The first-order chi connectivity index (χ1) is 13.6. The number of hydrogen-bond donors (Lipinski definition) is 1. The smallest absolute Gasteiger partial charge is 0.330 e. The molecule has 2 aromatic rings. The van der Waals surface area contributed by atoms with E-state index in [1.54, 1.807) is 25.4 Å². The number of likely N-dealkylation sites (tertiary alicyclic amines) is 1. The van der Waals surface area contributed by atoms with Crippen molar-refractivity contribution in [1.29, 1.82) is 0 Å². The predicted molar refractivity (Wildman–Crippen MR) is 106 cm³/mol. The van der Waals surface area contributed by atoms with Gasteiger partial charge in [0.15, 0.2) is 0 Å². The lowest BCUT2D eigenvalue weighted by Crippen LogP contribution is -2.41. The molecule has 0 amide bonds. The third-order valence-corrected chi connectivity index (χ3v) is 4.53. The largest absolute Gasteiger partial charge is 0.463 e. The number of esters is 1. The molecule has 1 aromatic carbocycles. The molecule has 1 saturated heterocycles. The molecular formula is C21H25FN4O2. The van der Waals surface area contributed by atoms with Gasteiger partial charge < -0.3 is 10.1 Å². The van der Waals surface area contributed by atoms with Gasteiger partial charge in [0.05, 0.1) is 24.7 Å². The van der Waals surface area contributed by atoms with Gasteiger partial charge in [-0.3, -0.25) is 9.88 Å². The highest BCUT2D eigenvalue weighted by molar-refractivity contribution is 5.86. The molecule has 0 spiro atoms. The maximum Gasteiger partial charge on any atom is 0.330 e. The molecule has 7 heteroatoms. The average molecular weight is 384 g/mol. The number of piperidine rings is 1. The van der Waals surface area contributed by atoms with E-state index in [-0.39, 0.29) is 11.9 Å². The van der Waals surface area contributed by atoms with Crippen LogP contribution in [0.4, 0.5) is 10.2 Å². The van der Waals surface area contributed by atoms with Crippen LogP contribution in [-0.4, -0.2) is 46.6 Å². The van der Waals surface area contributed by atoms with Crippen molar-refractivity contribution >= 4 is 17.9 Å². The molecule has 3 rings (SSSR count). The summed E-state index contributed by atoms with van der Waals surface area (Å²) in [7, 11) is 0. The van der Waals surface area contributed by atoms with Crippen LogP contribution in [0.25, 0.3) is 6.08 Å². The Kier molecular flexibility index (Phi) is 7.08. The number of halogens is 1. The molecule has 1 aliphatic heterocycles. The summed E-state index contributed by atoms with van der Waals surface area (Å²) in [5.74, 6) is 0.109. The molecule has 1 N–H and O–H groups in total. The standard InChI is InChI=1S/C21H25FN4O2/c1-2-28-21(27)10-9-18-12-24-20(13-23-18)25-19-4-3-11-26(15-19)14-16-5-7-17(22)8-6-16/h5-10,12-13,19H,2-4,11,14-15H2,1H3,(H,24,25)/b10-9+/t19-/m1/s1. The van der Waals surface area contributed by atoms with Crippen LogP contribution in [0.5, 0.6) is 0 Å². The lowest BCUT2D eigenvalue weighted by molar-refractivity contribution is -0.137. The number of rotatable bonds is 7. The van der Waals surface area contributed by atoms with Crippen molar-refractivity contribution in [3.63, 3.8) is 0 Å². The molecule has 1 fully saturated rings. The van der Waals surface area contributed by atoms with Gasteiger partial charge in [-0.1, -0.05) is 12.1 Å². The monoisotopic (exact) mass is 384 g/mol. The van der Waals surface area contributed by atoms with Crippen LogP contribution >= 0.6 is 0 Å². The fraction of sp³-hybridized carbons (Fsp3) is 0.381. The molecule has 2 heterocycles. The van der Waals surface area contributed by atoms with Crippen LogP contribution in [0.15, 0.2) is 42.7 Å². The number of benzene rings is 1. The maximum atomic E-state index is 13.1. The Bertz CT molecular complexity index is 793. The molecule has 0 unspecified atom stereocenters. The van der Waals surface area contributed by atoms with E-state index >= 15 is 0 Å². The molecule has 1 aliphatic rings. The molecule has 0 bridgehead atoms. The van der Waals surface area contributed by atoms with Gasteiger partial charge in [-0.2, -0.15) is 0 Å². The number of carbonyl (C=O) groups is 1. The zero-order chi connectivity index (χ0) is 19.8. The Morgan fingerprint density at radius 2 is 2.14 bits per heavy atom. The van der Waals surface area contributed by atoms with E-state index < -0.39 is 5.97 Å². The highest BCUT2D eigenvalue weighted by Crippen LogP contribution is 2.17. The van der Waals surface area contributed by atoms with E-state index in [0.29, 0.717) is 18.1 Å². The Hall–Kier alpha value is -2.80. The SMILES string of the molecule is CCOC(=O)/C=C/c1cnc(N[C@@H]2CCCN(Cc3ccc(F)cc3)C2)cn1. The van der Waals surface area contributed by atoms with Gasteiger partial charge >= 0.3 is 5.97 Å². The number of nitrogens with one attached hydrogen (secondary N) is 1. The number of anilines is 1. The number of nitrogens with zero attached hydrogens (tertiary/aromatic N) is 3. The van der Waals surface area contributed by atoms with Crippen LogP contribution in [0, 0.1) is 5.82 Å². The first kappa shape index (κ1) is 19.9. The quantitative estimate of drug-likeness (QED) is 0.584. The highest BCUT2D eigenvalue weighted by atomic mass is 19.1. The summed E-state index contributed by atoms with van der Waals surface area (Å²) < 4.78 is 17.9. The number of hydrogen-bond acceptors (Lipinski definition) is 6. The van der Waals surface area contributed by atoms with Gasteiger partial charge in [0.2, 0.25) is 0 Å². The molecule has 0 radical (unpaired) electrons. The van der Waals surface area contributed by atoms with Crippen molar-refractivity contribution in [1.82, 2.24) is 14.9 Å². The Morgan fingerprint density at radius 1 is 1.32 bits per heavy atom. The van der Waals surface area contributed by atoms with Gasteiger partial charge in [0.25, 0.3) is 0 Å². The summed E-state index contributed by atoms with van der Waals surface area (Å²) in [5.41, 5.74) is 1.71. The van der Waals surface area contributed by atoms with Crippen LogP contribution in [-0.2, 0) is 16.1 Å². The van der Waals surface area contributed by atoms with Crippen molar-refractivity contribution < 1.29 is 13.9 Å². The van der Waals surface area contributed by atoms with Gasteiger partial charge in [-0.15, -0.1) is 0 Å². The van der Waals surface area contributed by atoms with Crippen molar-refractivity contribution in [2.24, 2.45) is 0 Å². The van der Waals surface area contributed by atoms with Gasteiger partial charge in [0, 0.05) is 25.2 Å². The van der Waals surface area contributed by atoms with E-state index in [2.05, 4.69) is 20.2 Å². The molecule has 148 valence electrons. The van der Waals surface area contributed by atoms with E-state index in [9.17, 15) is 9.18 Å². The second-order valence-corrected chi connectivity index (χ2v) is 6.76. The van der Waals surface area contributed by atoms with Crippen molar-refractivity contribution in [2.75, 3.05) is 25.0 Å². The topological polar surface area (TPSA) is 67.3 Å². The van der Waals surface area contributed by atoms with Crippen molar-refractivity contribution in [3.05, 3.63) is 59.8 Å². The summed E-state index contributed by atoms with van der Waals surface area (Å²) >= 11 is 0. The van der Waals surface area contributed by atoms with Crippen LogP contribution in [0.1, 0.15) is 31.0 Å². The third kappa shape index (κ3) is 6.13. The first-order valence-corrected chi connectivity index (χ1v) is 9.52. The second-order valence-electron chi connectivity index (χ2n) is 6.76. The first-order valence-electron chi connectivity index (χ1n) is 9.52. The molecular weight excluding hydrogens is 359 g/mol. The fourth-order valence-corrected chi connectivity index (χ4v) is 3.22. The van der Waals surface area contributed by atoms with Crippen LogP contribution in [0.3, 0.4) is 0 Å². The lowest BCUT2D eigenvalue weighted by atomic mass is 10.0. The van der Waals surface area contributed by atoms with E-state index in [1.165, 1.54) is 18.2 Å². The molecule has 28 heavy (non-hydrogen) atoms. The number of carbonyl (C=O) groups excluding carboxylic acids is 1. The Labute approximate surface area is 164 Å². The van der Waals surface area contributed by atoms with Gasteiger partial charge in [-0.05, 0) is 50.1 Å². The zero-order valence-electron chi connectivity index (χ0n) is 16.0. The molecule has 0 saturated carbocycles. The number of aromatic nitrogens is 2.